The second-order valence-corrected chi connectivity index (χ2v) is 5.21. The first kappa shape index (κ1) is 17.2. The van der Waals surface area contributed by atoms with E-state index in [0.29, 0.717) is 12.6 Å². The molecule has 0 heterocycles. The molecule has 0 saturated heterocycles. The summed E-state index contributed by atoms with van der Waals surface area (Å²) >= 11 is 0. The number of ether oxygens (including phenoxy) is 1. The van der Waals surface area contributed by atoms with E-state index in [1.807, 2.05) is 24.3 Å². The molecule has 0 aliphatic carbocycles. The van der Waals surface area contributed by atoms with E-state index in [2.05, 4.69) is 25.8 Å². The molecule has 21 heavy (non-hydrogen) atoms. The summed E-state index contributed by atoms with van der Waals surface area (Å²) in [7, 11) is 2.11. The first-order valence-electron chi connectivity index (χ1n) is 7.37. The van der Waals surface area contributed by atoms with Crippen LogP contribution < -0.4 is 4.74 Å². The predicted octanol–water partition coefficient (Wildman–Crippen LogP) is 3.28. The van der Waals surface area contributed by atoms with E-state index in [1.165, 1.54) is 12.8 Å². The molecule has 0 aliphatic rings. The van der Waals surface area contributed by atoms with Crippen LogP contribution in [0.5, 0.6) is 5.75 Å². The van der Waals surface area contributed by atoms with Crippen LogP contribution in [-0.4, -0.2) is 42.2 Å². The molecule has 116 valence electrons. The standard InChI is InChI=1S/C17H25NO3/c1-4-6-14(2)18(3)11-12-21-16-8-5-7-15(13-16)9-10-17(19)20/h5,7-10,13-14H,4,6,11-12H2,1-3H3,(H,19,20). The van der Waals surface area contributed by atoms with E-state index < -0.39 is 5.97 Å². The maximum atomic E-state index is 10.5. The molecule has 4 nitrogen and oxygen atoms in total. The minimum Gasteiger partial charge on any atom is -0.492 e. The van der Waals surface area contributed by atoms with Crippen LogP contribution in [0.1, 0.15) is 32.3 Å². The van der Waals surface area contributed by atoms with Crippen molar-refractivity contribution in [3.63, 3.8) is 0 Å². The van der Waals surface area contributed by atoms with Gasteiger partial charge in [0.05, 0.1) is 0 Å². The largest absolute Gasteiger partial charge is 0.492 e. The lowest BCUT2D eigenvalue weighted by atomic mass is 10.2. The number of hydrogen-bond acceptors (Lipinski definition) is 3. The maximum Gasteiger partial charge on any atom is 0.328 e. The molecule has 0 saturated carbocycles. The van der Waals surface area contributed by atoms with E-state index in [9.17, 15) is 4.79 Å². The maximum absolute atomic E-state index is 10.5. The Hall–Kier alpha value is -1.81. The number of rotatable bonds is 9. The molecule has 0 fully saturated rings. The molecule has 0 bridgehead atoms. The zero-order valence-corrected chi connectivity index (χ0v) is 13.1. The van der Waals surface area contributed by atoms with Crippen LogP contribution in [0.2, 0.25) is 0 Å². The van der Waals surface area contributed by atoms with Crippen LogP contribution in [0.4, 0.5) is 0 Å². The van der Waals surface area contributed by atoms with Crippen molar-refractivity contribution in [2.45, 2.75) is 32.7 Å². The molecule has 1 atom stereocenters. The third-order valence-electron chi connectivity index (χ3n) is 3.45. The average Bonchev–Trinajstić information content (AvgIpc) is 2.45. The highest BCUT2D eigenvalue weighted by molar-refractivity contribution is 5.85. The fourth-order valence-electron chi connectivity index (χ4n) is 2.04. The normalized spacial score (nSPS) is 12.8. The van der Waals surface area contributed by atoms with Gasteiger partial charge in [-0.05, 0) is 44.2 Å². The molecule has 0 aliphatic heterocycles. The molecule has 1 aromatic rings. The summed E-state index contributed by atoms with van der Waals surface area (Å²) in [5.41, 5.74) is 0.822. The van der Waals surface area contributed by atoms with Gasteiger partial charge in [0.15, 0.2) is 0 Å². The van der Waals surface area contributed by atoms with Gasteiger partial charge in [-0.2, -0.15) is 0 Å². The number of carboxylic acids is 1. The van der Waals surface area contributed by atoms with Crippen LogP contribution in [0.15, 0.2) is 30.3 Å². The van der Waals surface area contributed by atoms with Crippen molar-refractivity contribution >= 4 is 12.0 Å². The Balaban J connectivity index is 2.45. The Morgan fingerprint density at radius 2 is 2.24 bits per heavy atom. The summed E-state index contributed by atoms with van der Waals surface area (Å²) in [5.74, 6) is -0.188. The monoisotopic (exact) mass is 291 g/mol. The highest BCUT2D eigenvalue weighted by atomic mass is 16.5. The lowest BCUT2D eigenvalue weighted by Crippen LogP contribution is -2.32. The van der Waals surface area contributed by atoms with Gasteiger partial charge in [-0.3, -0.25) is 0 Å². The Morgan fingerprint density at radius 3 is 2.90 bits per heavy atom. The number of likely N-dealkylation sites (N-methyl/N-ethyl adjacent to an activating group) is 1. The number of carbonyl (C=O) groups is 1. The van der Waals surface area contributed by atoms with Gasteiger partial charge in [0, 0.05) is 18.7 Å². The van der Waals surface area contributed by atoms with E-state index in [-0.39, 0.29) is 0 Å². The van der Waals surface area contributed by atoms with E-state index in [0.717, 1.165) is 23.9 Å². The SMILES string of the molecule is CCCC(C)N(C)CCOc1cccc(C=CC(=O)O)c1. The van der Waals surface area contributed by atoms with Crippen molar-refractivity contribution in [1.82, 2.24) is 4.90 Å². The lowest BCUT2D eigenvalue weighted by Gasteiger charge is -2.24. The molecule has 1 N–H and O–H groups in total. The third kappa shape index (κ3) is 6.95. The average molecular weight is 291 g/mol. The topological polar surface area (TPSA) is 49.8 Å². The van der Waals surface area contributed by atoms with Crippen molar-refractivity contribution in [1.29, 1.82) is 0 Å². The number of carboxylic acid groups (broad SMARTS) is 1. The van der Waals surface area contributed by atoms with Gasteiger partial charge in [-0.15, -0.1) is 0 Å². The number of aliphatic carboxylic acids is 1. The third-order valence-corrected chi connectivity index (χ3v) is 3.45. The highest BCUT2D eigenvalue weighted by Crippen LogP contribution is 2.14. The molecule has 1 rings (SSSR count). The summed E-state index contributed by atoms with van der Waals surface area (Å²) < 4.78 is 5.73. The van der Waals surface area contributed by atoms with Gasteiger partial charge in [0.1, 0.15) is 12.4 Å². The quantitative estimate of drug-likeness (QED) is 0.709. The molecule has 0 radical (unpaired) electrons. The number of hydrogen-bond donors (Lipinski definition) is 1. The molecule has 0 aromatic heterocycles. The molecule has 1 aromatic carbocycles. The summed E-state index contributed by atoms with van der Waals surface area (Å²) in [5, 5.41) is 8.62. The summed E-state index contributed by atoms with van der Waals surface area (Å²) in [6.45, 7) is 5.91. The summed E-state index contributed by atoms with van der Waals surface area (Å²) in [4.78, 5) is 12.8. The fraction of sp³-hybridized carbons (Fsp3) is 0.471. The second kappa shape index (κ2) is 9.19. The minimum absolute atomic E-state index is 0.559. The van der Waals surface area contributed by atoms with E-state index >= 15 is 0 Å². The van der Waals surface area contributed by atoms with Crippen LogP contribution in [-0.2, 0) is 4.79 Å². The van der Waals surface area contributed by atoms with Crippen LogP contribution >= 0.6 is 0 Å². The molecule has 1 unspecified atom stereocenters. The van der Waals surface area contributed by atoms with E-state index in [4.69, 9.17) is 9.84 Å². The molecular weight excluding hydrogens is 266 g/mol. The Labute approximate surface area is 127 Å². The number of benzene rings is 1. The minimum atomic E-state index is -0.951. The van der Waals surface area contributed by atoms with Crippen molar-refractivity contribution in [2.75, 3.05) is 20.2 Å². The smallest absolute Gasteiger partial charge is 0.328 e. The Kier molecular flexibility index (Phi) is 7.54. The van der Waals surface area contributed by atoms with Crippen LogP contribution in [0.25, 0.3) is 6.08 Å². The molecule has 0 spiro atoms. The fourth-order valence-corrected chi connectivity index (χ4v) is 2.04. The predicted molar refractivity (Wildman–Crippen MR) is 85.6 cm³/mol. The first-order chi connectivity index (χ1) is 10.0. The van der Waals surface area contributed by atoms with Crippen molar-refractivity contribution < 1.29 is 14.6 Å². The lowest BCUT2D eigenvalue weighted by molar-refractivity contribution is -0.131. The van der Waals surface area contributed by atoms with Crippen LogP contribution in [0, 0.1) is 0 Å². The van der Waals surface area contributed by atoms with Crippen molar-refractivity contribution in [3.05, 3.63) is 35.9 Å². The summed E-state index contributed by atoms with van der Waals surface area (Å²) in [6, 6.07) is 7.99. The van der Waals surface area contributed by atoms with E-state index in [1.54, 1.807) is 6.08 Å². The second-order valence-electron chi connectivity index (χ2n) is 5.21. The highest BCUT2D eigenvalue weighted by Gasteiger charge is 2.07. The Morgan fingerprint density at radius 1 is 1.48 bits per heavy atom. The van der Waals surface area contributed by atoms with Gasteiger partial charge in [0.2, 0.25) is 0 Å². The van der Waals surface area contributed by atoms with Crippen molar-refractivity contribution in [2.24, 2.45) is 0 Å². The number of nitrogens with zero attached hydrogens (tertiary/aromatic N) is 1. The molecular formula is C17H25NO3. The van der Waals surface area contributed by atoms with Gasteiger partial charge in [-0.25, -0.2) is 4.79 Å². The molecule has 4 heteroatoms. The first-order valence-corrected chi connectivity index (χ1v) is 7.37. The zero-order chi connectivity index (χ0) is 15.7. The molecule has 0 amide bonds. The zero-order valence-electron chi connectivity index (χ0n) is 13.1. The van der Waals surface area contributed by atoms with Gasteiger partial charge >= 0.3 is 5.97 Å². The summed E-state index contributed by atoms with van der Waals surface area (Å²) in [6.07, 6.45) is 5.06. The van der Waals surface area contributed by atoms with Gasteiger partial charge in [-0.1, -0.05) is 25.5 Å². The Bertz CT molecular complexity index is 471. The van der Waals surface area contributed by atoms with Crippen LogP contribution in [0.3, 0.4) is 0 Å². The van der Waals surface area contributed by atoms with Gasteiger partial charge in [0.25, 0.3) is 0 Å². The van der Waals surface area contributed by atoms with Crippen molar-refractivity contribution in [3.8, 4) is 5.75 Å². The van der Waals surface area contributed by atoms with Gasteiger partial charge < -0.3 is 14.7 Å².